The van der Waals surface area contributed by atoms with Crippen molar-refractivity contribution in [2.75, 3.05) is 0 Å². The van der Waals surface area contributed by atoms with E-state index in [-0.39, 0.29) is 16.6 Å². The highest BCUT2D eigenvalue weighted by atomic mass is 32.2. The third kappa shape index (κ3) is 3.92. The van der Waals surface area contributed by atoms with Crippen LogP contribution in [0.1, 0.15) is 24.4 Å². The van der Waals surface area contributed by atoms with E-state index in [0.717, 1.165) is 5.56 Å². The van der Waals surface area contributed by atoms with Gasteiger partial charge in [0.05, 0.1) is 22.0 Å². The smallest absolute Gasteiger partial charge is 0.316 e. The molecule has 0 aliphatic heterocycles. The van der Waals surface area contributed by atoms with Crippen molar-refractivity contribution in [3.05, 3.63) is 74.6 Å². The summed E-state index contributed by atoms with van der Waals surface area (Å²) < 4.78 is 34.2. The number of aryl methyl sites for hydroxylation is 2. The number of rotatable bonds is 5. The van der Waals surface area contributed by atoms with Crippen LogP contribution in [0.2, 0.25) is 0 Å². The number of aromatic nitrogens is 4. The monoisotopic (exact) mass is 441 g/mol. The fourth-order valence-corrected chi connectivity index (χ4v) is 4.30. The molecule has 0 fully saturated rings. The van der Waals surface area contributed by atoms with Crippen LogP contribution in [0, 0.1) is 6.92 Å². The number of sulfonamides is 1. The standard InChI is InChI=1S/C20H19N5O5S/c1-11-4-7-14(8-5-11)31(28,29)24-12(2)19-22-17(23-30-19)13-6-9-16-15(10-13)21-18(26)20(27)25(16)3/h4-10,12,24H,1-3H3,(H,21,26). The van der Waals surface area contributed by atoms with Crippen molar-refractivity contribution in [2.24, 2.45) is 7.05 Å². The second kappa shape index (κ2) is 7.60. The van der Waals surface area contributed by atoms with Gasteiger partial charge in [-0.1, -0.05) is 22.9 Å². The fraction of sp³-hybridized carbons (Fsp3) is 0.200. The van der Waals surface area contributed by atoms with Gasteiger partial charge in [-0.15, -0.1) is 0 Å². The summed E-state index contributed by atoms with van der Waals surface area (Å²) in [7, 11) is -2.26. The van der Waals surface area contributed by atoms with Gasteiger partial charge in [-0.25, -0.2) is 8.42 Å². The highest BCUT2D eigenvalue weighted by Gasteiger charge is 2.23. The zero-order chi connectivity index (χ0) is 22.3. The van der Waals surface area contributed by atoms with Gasteiger partial charge in [0.15, 0.2) is 0 Å². The highest BCUT2D eigenvalue weighted by Crippen LogP contribution is 2.22. The fourth-order valence-electron chi connectivity index (χ4n) is 3.10. The van der Waals surface area contributed by atoms with Gasteiger partial charge in [-0.2, -0.15) is 9.71 Å². The minimum atomic E-state index is -3.77. The first-order valence-electron chi connectivity index (χ1n) is 9.32. The van der Waals surface area contributed by atoms with E-state index in [1.165, 1.54) is 23.7 Å². The first kappa shape index (κ1) is 20.7. The quantitative estimate of drug-likeness (QED) is 0.449. The lowest BCUT2D eigenvalue weighted by molar-refractivity contribution is 0.354. The molecule has 2 aromatic heterocycles. The number of hydrogen-bond donors (Lipinski definition) is 2. The van der Waals surface area contributed by atoms with Gasteiger partial charge in [0, 0.05) is 12.6 Å². The van der Waals surface area contributed by atoms with Crippen LogP contribution in [0.15, 0.2) is 61.5 Å². The summed E-state index contributed by atoms with van der Waals surface area (Å²) in [6.45, 7) is 3.46. The first-order chi connectivity index (χ1) is 14.7. The molecular weight excluding hydrogens is 422 g/mol. The molecule has 160 valence electrons. The maximum Gasteiger partial charge on any atom is 0.316 e. The van der Waals surface area contributed by atoms with Crippen LogP contribution < -0.4 is 15.8 Å². The maximum absolute atomic E-state index is 12.6. The summed E-state index contributed by atoms with van der Waals surface area (Å²) in [6, 6.07) is 10.6. The van der Waals surface area contributed by atoms with Crippen molar-refractivity contribution in [3.63, 3.8) is 0 Å². The average molecular weight is 441 g/mol. The number of fused-ring (bicyclic) bond motifs is 1. The molecule has 2 heterocycles. The van der Waals surface area contributed by atoms with Gasteiger partial charge in [0.2, 0.25) is 21.7 Å². The van der Waals surface area contributed by atoms with E-state index in [0.29, 0.717) is 16.6 Å². The first-order valence-corrected chi connectivity index (χ1v) is 10.8. The molecule has 4 aromatic rings. The summed E-state index contributed by atoms with van der Waals surface area (Å²) in [5.74, 6) is 0.299. The second-order valence-electron chi connectivity index (χ2n) is 7.16. The van der Waals surface area contributed by atoms with E-state index < -0.39 is 27.2 Å². The van der Waals surface area contributed by atoms with Crippen molar-refractivity contribution >= 4 is 21.1 Å². The average Bonchev–Trinajstić information content (AvgIpc) is 3.22. The van der Waals surface area contributed by atoms with E-state index in [9.17, 15) is 18.0 Å². The van der Waals surface area contributed by atoms with E-state index >= 15 is 0 Å². The third-order valence-electron chi connectivity index (χ3n) is 4.84. The Bertz CT molecular complexity index is 1500. The predicted molar refractivity (Wildman–Crippen MR) is 113 cm³/mol. The molecule has 11 heteroatoms. The number of nitrogens with zero attached hydrogens (tertiary/aromatic N) is 3. The van der Waals surface area contributed by atoms with Gasteiger partial charge >= 0.3 is 11.1 Å². The van der Waals surface area contributed by atoms with Crippen molar-refractivity contribution in [1.29, 1.82) is 0 Å². The Morgan fingerprint density at radius 3 is 2.55 bits per heavy atom. The Balaban J connectivity index is 1.62. The molecule has 0 amide bonds. The number of benzene rings is 2. The Morgan fingerprint density at radius 2 is 1.84 bits per heavy atom. The third-order valence-corrected chi connectivity index (χ3v) is 6.40. The van der Waals surface area contributed by atoms with Gasteiger partial charge in [-0.3, -0.25) is 9.59 Å². The molecule has 2 aromatic carbocycles. The summed E-state index contributed by atoms with van der Waals surface area (Å²) in [5, 5.41) is 3.91. The van der Waals surface area contributed by atoms with Crippen molar-refractivity contribution in [3.8, 4) is 11.4 Å². The zero-order valence-electron chi connectivity index (χ0n) is 16.9. The predicted octanol–water partition coefficient (Wildman–Crippen LogP) is 1.62. The van der Waals surface area contributed by atoms with E-state index in [2.05, 4.69) is 19.8 Å². The highest BCUT2D eigenvalue weighted by molar-refractivity contribution is 7.89. The molecule has 0 spiro atoms. The van der Waals surface area contributed by atoms with Gasteiger partial charge in [0.1, 0.15) is 0 Å². The molecule has 10 nitrogen and oxygen atoms in total. The summed E-state index contributed by atoms with van der Waals surface area (Å²) in [4.78, 5) is 30.5. The number of nitrogens with one attached hydrogen (secondary N) is 2. The largest absolute Gasteiger partial charge is 0.337 e. The van der Waals surface area contributed by atoms with Crippen LogP contribution in [0.4, 0.5) is 0 Å². The van der Waals surface area contributed by atoms with Crippen LogP contribution in [0.3, 0.4) is 0 Å². The molecule has 0 aliphatic rings. The number of hydrogen-bond acceptors (Lipinski definition) is 7. The Kier molecular flexibility index (Phi) is 5.07. The van der Waals surface area contributed by atoms with Crippen LogP contribution >= 0.6 is 0 Å². The molecule has 0 saturated carbocycles. The van der Waals surface area contributed by atoms with Gasteiger partial charge in [-0.05, 0) is 44.2 Å². The SMILES string of the molecule is Cc1ccc(S(=O)(=O)NC(C)c2nc(-c3ccc4c(c3)[nH]c(=O)c(=O)n4C)no2)cc1. The maximum atomic E-state index is 12.6. The van der Waals surface area contributed by atoms with Crippen LogP contribution in [0.5, 0.6) is 0 Å². The lowest BCUT2D eigenvalue weighted by Gasteiger charge is -2.10. The molecule has 1 atom stereocenters. The molecule has 1 unspecified atom stereocenters. The molecule has 0 saturated heterocycles. The van der Waals surface area contributed by atoms with Crippen LogP contribution in [-0.4, -0.2) is 28.1 Å². The van der Waals surface area contributed by atoms with E-state index in [4.69, 9.17) is 4.52 Å². The van der Waals surface area contributed by atoms with Crippen molar-refractivity contribution in [1.82, 2.24) is 24.4 Å². The minimum Gasteiger partial charge on any atom is -0.337 e. The molecule has 0 aliphatic carbocycles. The lowest BCUT2D eigenvalue weighted by Crippen LogP contribution is -2.34. The minimum absolute atomic E-state index is 0.0831. The normalized spacial score (nSPS) is 12.9. The zero-order valence-corrected chi connectivity index (χ0v) is 17.7. The van der Waals surface area contributed by atoms with Crippen molar-refractivity contribution < 1.29 is 12.9 Å². The summed E-state index contributed by atoms with van der Waals surface area (Å²) in [5.41, 5.74) is 1.06. The number of H-pyrrole nitrogens is 1. The summed E-state index contributed by atoms with van der Waals surface area (Å²) >= 11 is 0. The van der Waals surface area contributed by atoms with Crippen molar-refractivity contribution in [2.45, 2.75) is 24.8 Å². The molecule has 0 radical (unpaired) electrons. The van der Waals surface area contributed by atoms with Crippen LogP contribution in [-0.2, 0) is 17.1 Å². The Hall–Kier alpha value is -3.57. The Morgan fingerprint density at radius 1 is 1.13 bits per heavy atom. The molecule has 2 N–H and O–H groups in total. The lowest BCUT2D eigenvalue weighted by atomic mass is 10.2. The van der Waals surface area contributed by atoms with E-state index in [1.54, 1.807) is 37.3 Å². The molecule has 0 bridgehead atoms. The Labute approximate surface area is 176 Å². The topological polar surface area (TPSA) is 140 Å². The second-order valence-corrected chi connectivity index (χ2v) is 8.88. The van der Waals surface area contributed by atoms with Gasteiger partial charge in [0.25, 0.3) is 0 Å². The van der Waals surface area contributed by atoms with Crippen LogP contribution in [0.25, 0.3) is 22.4 Å². The molecular formula is C20H19N5O5S. The van der Waals surface area contributed by atoms with E-state index in [1.807, 2.05) is 6.92 Å². The van der Waals surface area contributed by atoms with Gasteiger partial charge < -0.3 is 14.1 Å². The summed E-state index contributed by atoms with van der Waals surface area (Å²) in [6.07, 6.45) is 0. The molecule has 4 rings (SSSR count). The molecule has 31 heavy (non-hydrogen) atoms. The number of aromatic amines is 1.